The largest absolute Gasteiger partial charge is 0.456 e. The number of rotatable bonds is 0. The molecule has 1 aromatic carbocycles. The molecule has 1 heterocycles. The van der Waals surface area contributed by atoms with Gasteiger partial charge in [-0.25, -0.2) is 0 Å². The van der Waals surface area contributed by atoms with Gasteiger partial charge in [0.05, 0.1) is 10.6 Å². The SMILES string of the molecule is CC1C=CC=c2c(oc3ccc(C(C)(C)C)cc3c2=O)=CC1. The predicted molar refractivity (Wildman–Crippen MR) is 92.3 cm³/mol. The van der Waals surface area contributed by atoms with Gasteiger partial charge in [-0.15, -0.1) is 0 Å². The lowest BCUT2D eigenvalue weighted by Gasteiger charge is -2.19. The van der Waals surface area contributed by atoms with E-state index in [0.717, 1.165) is 12.0 Å². The highest BCUT2D eigenvalue weighted by molar-refractivity contribution is 5.77. The average Bonchev–Trinajstić information content (AvgIpc) is 2.44. The molecule has 0 saturated heterocycles. The average molecular weight is 294 g/mol. The van der Waals surface area contributed by atoms with Crippen LogP contribution in [0.4, 0.5) is 0 Å². The first-order valence-corrected chi connectivity index (χ1v) is 7.82. The lowest BCUT2D eigenvalue weighted by molar-refractivity contribution is 0.552. The molecule has 22 heavy (non-hydrogen) atoms. The topological polar surface area (TPSA) is 30.2 Å². The van der Waals surface area contributed by atoms with E-state index in [1.807, 2.05) is 36.4 Å². The third-order valence-electron chi connectivity index (χ3n) is 4.20. The normalized spacial score (nSPS) is 18.1. The molecule has 0 saturated carbocycles. The second-order valence-corrected chi connectivity index (χ2v) is 7.14. The fourth-order valence-corrected chi connectivity index (χ4v) is 2.72. The van der Waals surface area contributed by atoms with E-state index in [-0.39, 0.29) is 10.8 Å². The Morgan fingerprint density at radius 1 is 1.23 bits per heavy atom. The van der Waals surface area contributed by atoms with Gasteiger partial charge in [-0.1, -0.05) is 45.9 Å². The first kappa shape index (κ1) is 14.8. The molecule has 0 aliphatic heterocycles. The highest BCUT2D eigenvalue weighted by Gasteiger charge is 2.15. The van der Waals surface area contributed by atoms with Crippen molar-refractivity contribution in [3.05, 3.63) is 56.8 Å². The van der Waals surface area contributed by atoms with Gasteiger partial charge in [0.2, 0.25) is 5.43 Å². The zero-order valence-electron chi connectivity index (χ0n) is 13.6. The van der Waals surface area contributed by atoms with Crippen molar-refractivity contribution in [1.29, 1.82) is 0 Å². The molecule has 0 spiro atoms. The molecule has 1 aliphatic carbocycles. The van der Waals surface area contributed by atoms with E-state index < -0.39 is 0 Å². The van der Waals surface area contributed by atoms with E-state index in [2.05, 4.69) is 33.8 Å². The van der Waals surface area contributed by atoms with Crippen molar-refractivity contribution in [2.45, 2.75) is 39.5 Å². The Balaban J connectivity index is 2.38. The minimum absolute atomic E-state index is 0.01000. The highest BCUT2D eigenvalue weighted by atomic mass is 16.3. The first-order valence-electron chi connectivity index (χ1n) is 7.82. The van der Waals surface area contributed by atoms with E-state index in [9.17, 15) is 4.79 Å². The van der Waals surface area contributed by atoms with Crippen molar-refractivity contribution in [2.75, 3.05) is 0 Å². The van der Waals surface area contributed by atoms with Crippen molar-refractivity contribution in [1.82, 2.24) is 0 Å². The number of allylic oxidation sites excluding steroid dienone is 2. The molecule has 114 valence electrons. The van der Waals surface area contributed by atoms with E-state index >= 15 is 0 Å². The number of hydrogen-bond acceptors (Lipinski definition) is 2. The van der Waals surface area contributed by atoms with Crippen LogP contribution < -0.4 is 16.1 Å². The smallest absolute Gasteiger partial charge is 0.200 e. The lowest BCUT2D eigenvalue weighted by Crippen LogP contribution is -2.39. The van der Waals surface area contributed by atoms with Crippen LogP contribution in [-0.4, -0.2) is 0 Å². The molecule has 0 amide bonds. The lowest BCUT2D eigenvalue weighted by atomic mass is 9.86. The molecule has 0 radical (unpaired) electrons. The molecule has 0 N–H and O–H groups in total. The second-order valence-electron chi connectivity index (χ2n) is 7.14. The van der Waals surface area contributed by atoms with Crippen LogP contribution in [0, 0.1) is 5.92 Å². The molecule has 0 fully saturated rings. The Morgan fingerprint density at radius 2 is 2.00 bits per heavy atom. The molecule has 2 nitrogen and oxygen atoms in total. The Labute approximate surface area is 130 Å². The van der Waals surface area contributed by atoms with Crippen molar-refractivity contribution in [3.8, 4) is 0 Å². The zero-order valence-corrected chi connectivity index (χ0v) is 13.6. The Hall–Kier alpha value is -2.09. The van der Waals surface area contributed by atoms with Crippen LogP contribution in [0.3, 0.4) is 0 Å². The molecule has 2 heteroatoms. The van der Waals surface area contributed by atoms with E-state index in [4.69, 9.17) is 4.42 Å². The molecule has 3 rings (SSSR count). The van der Waals surface area contributed by atoms with Crippen LogP contribution in [0.2, 0.25) is 0 Å². The van der Waals surface area contributed by atoms with Gasteiger partial charge < -0.3 is 4.42 Å². The molecule has 1 aliphatic rings. The third kappa shape index (κ3) is 2.66. The van der Waals surface area contributed by atoms with Crippen molar-refractivity contribution >= 4 is 23.1 Å². The van der Waals surface area contributed by atoms with Crippen LogP contribution >= 0.6 is 0 Å². The quantitative estimate of drug-likeness (QED) is 0.746. The summed E-state index contributed by atoms with van der Waals surface area (Å²) in [6.07, 6.45) is 8.86. The van der Waals surface area contributed by atoms with Gasteiger partial charge in [0, 0.05) is 0 Å². The Kier molecular flexibility index (Phi) is 3.56. The van der Waals surface area contributed by atoms with Crippen LogP contribution in [0.5, 0.6) is 0 Å². The van der Waals surface area contributed by atoms with Crippen molar-refractivity contribution in [2.24, 2.45) is 5.92 Å². The number of hydrogen-bond donors (Lipinski definition) is 0. The summed E-state index contributed by atoms with van der Waals surface area (Å²) in [6, 6.07) is 5.94. The van der Waals surface area contributed by atoms with Gasteiger partial charge in [-0.05, 0) is 47.6 Å². The second kappa shape index (κ2) is 5.28. The van der Waals surface area contributed by atoms with Crippen LogP contribution in [0.1, 0.15) is 39.7 Å². The summed E-state index contributed by atoms with van der Waals surface area (Å²) in [4.78, 5) is 12.9. The van der Waals surface area contributed by atoms with E-state index in [1.54, 1.807) is 0 Å². The maximum atomic E-state index is 12.9. The summed E-state index contributed by atoms with van der Waals surface area (Å²) in [5.41, 5.74) is 2.57. The van der Waals surface area contributed by atoms with E-state index in [0.29, 0.717) is 27.5 Å². The third-order valence-corrected chi connectivity index (χ3v) is 4.20. The van der Waals surface area contributed by atoms with Crippen LogP contribution in [0.25, 0.3) is 23.1 Å². The summed E-state index contributed by atoms with van der Waals surface area (Å²) in [5.74, 6) is 0.452. The van der Waals surface area contributed by atoms with Crippen molar-refractivity contribution in [3.63, 3.8) is 0 Å². The minimum Gasteiger partial charge on any atom is -0.456 e. The summed E-state index contributed by atoms with van der Waals surface area (Å²) in [5, 5.41) is 1.32. The van der Waals surface area contributed by atoms with E-state index in [1.165, 1.54) is 0 Å². The van der Waals surface area contributed by atoms with Gasteiger partial charge in [0.25, 0.3) is 0 Å². The van der Waals surface area contributed by atoms with Gasteiger partial charge in [0.15, 0.2) is 0 Å². The fourth-order valence-electron chi connectivity index (χ4n) is 2.72. The Morgan fingerprint density at radius 3 is 2.73 bits per heavy atom. The van der Waals surface area contributed by atoms with Gasteiger partial charge in [-0.2, -0.15) is 0 Å². The predicted octanol–water partition coefficient (Wildman–Crippen LogP) is 3.25. The van der Waals surface area contributed by atoms with Crippen LogP contribution in [-0.2, 0) is 5.41 Å². The first-order chi connectivity index (χ1) is 10.4. The Bertz CT molecular complexity index is 921. The fraction of sp³-hybridized carbons (Fsp3) is 0.350. The highest BCUT2D eigenvalue weighted by Crippen LogP contribution is 2.24. The summed E-state index contributed by atoms with van der Waals surface area (Å²) in [6.45, 7) is 8.59. The van der Waals surface area contributed by atoms with Gasteiger partial charge >= 0.3 is 0 Å². The molecule has 1 aromatic heterocycles. The van der Waals surface area contributed by atoms with Crippen molar-refractivity contribution < 1.29 is 4.42 Å². The van der Waals surface area contributed by atoms with Gasteiger partial charge in [-0.3, -0.25) is 4.79 Å². The molecule has 1 unspecified atom stereocenters. The molecule has 2 aromatic rings. The maximum Gasteiger partial charge on any atom is 0.200 e. The molecular weight excluding hydrogens is 272 g/mol. The summed E-state index contributed by atoms with van der Waals surface area (Å²) >= 11 is 0. The zero-order chi connectivity index (χ0) is 15.9. The number of fused-ring (bicyclic) bond motifs is 2. The molecule has 1 atom stereocenters. The summed E-state index contributed by atoms with van der Waals surface area (Å²) in [7, 11) is 0. The monoisotopic (exact) mass is 294 g/mol. The standard InChI is InChI=1S/C20H22O2/c1-13-6-5-7-15-17(10-8-13)22-18-11-9-14(20(2,3)4)12-16(18)19(15)21/h5-7,9-13H,8H2,1-4H3. The van der Waals surface area contributed by atoms with Gasteiger partial charge in [0.1, 0.15) is 11.0 Å². The maximum absolute atomic E-state index is 12.9. The molecular formula is C20H22O2. The van der Waals surface area contributed by atoms with Crippen LogP contribution in [0.15, 0.2) is 39.6 Å². The number of benzene rings is 1. The minimum atomic E-state index is 0.01000. The summed E-state index contributed by atoms with van der Waals surface area (Å²) < 4.78 is 6.00. The molecule has 0 bridgehead atoms.